The van der Waals surface area contributed by atoms with Gasteiger partial charge in [-0.25, -0.2) is 0 Å². The van der Waals surface area contributed by atoms with E-state index in [4.69, 9.17) is 15.3 Å². The summed E-state index contributed by atoms with van der Waals surface area (Å²) in [7, 11) is 0. The summed E-state index contributed by atoms with van der Waals surface area (Å²) < 4.78 is 0. The van der Waals surface area contributed by atoms with Crippen LogP contribution in [0.4, 0.5) is 0 Å². The van der Waals surface area contributed by atoms with Gasteiger partial charge in [-0.15, -0.1) is 0 Å². The summed E-state index contributed by atoms with van der Waals surface area (Å²) in [6, 6.07) is 0. The maximum Gasteiger partial charge on any atom is 0.100 e. The first-order valence-electron chi connectivity index (χ1n) is 1.71. The fourth-order valence-corrected chi connectivity index (χ4v) is 0.0577. The van der Waals surface area contributed by atoms with Crippen molar-refractivity contribution in [2.45, 2.75) is 6.10 Å². The maximum absolute atomic E-state index is 8.17. The molecule has 0 fully saturated rings. The quantitative estimate of drug-likeness (QED) is 0.467. The van der Waals surface area contributed by atoms with Gasteiger partial charge in [-0.3, -0.25) is 0 Å². The van der Waals surface area contributed by atoms with Gasteiger partial charge in [0.15, 0.2) is 0 Å². The van der Waals surface area contributed by atoms with Gasteiger partial charge in [0, 0.05) is 22.4 Å². The molecule has 0 saturated heterocycles. The van der Waals surface area contributed by atoms with Crippen molar-refractivity contribution < 1.29 is 37.7 Å². The molecule has 0 aromatic heterocycles. The third kappa shape index (κ3) is 6.62. The molecule has 0 atom stereocenters. The Kier molecular flexibility index (Phi) is 10.00. The zero-order chi connectivity index (χ0) is 4.99. The Hall–Kier alpha value is 0.620. The third-order valence-electron chi connectivity index (χ3n) is 0.421. The van der Waals surface area contributed by atoms with E-state index in [2.05, 4.69) is 0 Å². The summed E-state index contributed by atoms with van der Waals surface area (Å²) in [6.45, 7) is -0.729. The van der Waals surface area contributed by atoms with Crippen molar-refractivity contribution in [3.63, 3.8) is 0 Å². The Balaban J connectivity index is 0. The van der Waals surface area contributed by atoms with E-state index in [1.165, 1.54) is 0 Å². The number of rotatable bonds is 2. The molecular weight excluding hydrogens is 192 g/mol. The Morgan fingerprint density at radius 3 is 1.43 bits per heavy atom. The van der Waals surface area contributed by atoms with Gasteiger partial charge < -0.3 is 15.3 Å². The van der Waals surface area contributed by atoms with E-state index in [9.17, 15) is 0 Å². The summed E-state index contributed by atoms with van der Waals surface area (Å²) in [4.78, 5) is 0. The topological polar surface area (TPSA) is 60.7 Å². The van der Waals surface area contributed by atoms with Gasteiger partial charge in [0.2, 0.25) is 0 Å². The molecule has 0 rings (SSSR count). The van der Waals surface area contributed by atoms with Crippen LogP contribution < -0.4 is 0 Å². The van der Waals surface area contributed by atoms with E-state index in [1.54, 1.807) is 0 Å². The van der Waals surface area contributed by atoms with Gasteiger partial charge in [0.05, 0.1) is 13.2 Å². The summed E-state index contributed by atoms with van der Waals surface area (Å²) in [5.74, 6) is 0. The Morgan fingerprint density at radius 1 is 1.14 bits per heavy atom. The molecule has 0 aliphatic rings. The first-order chi connectivity index (χ1) is 2.81. The minimum Gasteiger partial charge on any atom is -0.394 e. The van der Waals surface area contributed by atoms with Gasteiger partial charge in [-0.05, 0) is 0 Å². The molecule has 49 valence electrons. The second kappa shape index (κ2) is 6.62. The average Bonchev–Trinajstić information content (AvgIpc) is 1.65. The minimum absolute atomic E-state index is 0. The van der Waals surface area contributed by atoms with Crippen LogP contribution in [0.25, 0.3) is 0 Å². The Bertz CT molecular complexity index is 29.4. The summed E-state index contributed by atoms with van der Waals surface area (Å²) in [5, 5.41) is 24.0. The molecule has 0 spiro atoms. The zero-order valence-corrected chi connectivity index (χ0v) is 5.12. The van der Waals surface area contributed by atoms with Crippen molar-refractivity contribution in [3.8, 4) is 0 Å². The van der Waals surface area contributed by atoms with Crippen LogP contribution in [0.15, 0.2) is 0 Å². The summed E-state index contributed by atoms with van der Waals surface area (Å²) in [5.41, 5.74) is 0. The fraction of sp³-hybridized carbons (Fsp3) is 1.00. The van der Waals surface area contributed by atoms with Crippen LogP contribution in [-0.4, -0.2) is 34.6 Å². The first-order valence-corrected chi connectivity index (χ1v) is 1.71. The zero-order valence-electron chi connectivity index (χ0n) is 3.63. The SMILES string of the molecule is OCC(O)CO.[Ag]. The van der Waals surface area contributed by atoms with E-state index in [-0.39, 0.29) is 35.6 Å². The Labute approximate surface area is 57.5 Å². The number of hydrogen-bond donors (Lipinski definition) is 3. The fourth-order valence-electron chi connectivity index (χ4n) is 0.0577. The van der Waals surface area contributed by atoms with Gasteiger partial charge in [0.25, 0.3) is 0 Å². The van der Waals surface area contributed by atoms with E-state index in [1.807, 2.05) is 0 Å². The smallest absolute Gasteiger partial charge is 0.100 e. The molecule has 0 amide bonds. The second-order valence-corrected chi connectivity index (χ2v) is 1.02. The van der Waals surface area contributed by atoms with Crippen LogP contribution in [0.5, 0.6) is 0 Å². The molecule has 0 bridgehead atoms. The van der Waals surface area contributed by atoms with Gasteiger partial charge in [0.1, 0.15) is 6.10 Å². The van der Waals surface area contributed by atoms with E-state index >= 15 is 0 Å². The molecule has 0 aromatic carbocycles. The van der Waals surface area contributed by atoms with Crippen LogP contribution in [0, 0.1) is 0 Å². The largest absolute Gasteiger partial charge is 0.394 e. The molecule has 0 aliphatic carbocycles. The monoisotopic (exact) mass is 199 g/mol. The molecule has 0 heterocycles. The summed E-state index contributed by atoms with van der Waals surface area (Å²) in [6.07, 6.45) is -0.954. The van der Waals surface area contributed by atoms with E-state index in [0.717, 1.165) is 0 Å². The molecule has 3 nitrogen and oxygen atoms in total. The molecule has 0 aliphatic heterocycles. The molecule has 3 N–H and O–H groups in total. The van der Waals surface area contributed by atoms with Crippen LogP contribution in [0.2, 0.25) is 0 Å². The second-order valence-electron chi connectivity index (χ2n) is 1.02. The van der Waals surface area contributed by atoms with Crippen molar-refractivity contribution in [1.82, 2.24) is 0 Å². The van der Waals surface area contributed by atoms with Crippen molar-refractivity contribution in [2.75, 3.05) is 13.2 Å². The predicted octanol–water partition coefficient (Wildman–Crippen LogP) is -1.67. The van der Waals surface area contributed by atoms with Gasteiger partial charge >= 0.3 is 0 Å². The van der Waals surface area contributed by atoms with Crippen molar-refractivity contribution in [1.29, 1.82) is 0 Å². The third-order valence-corrected chi connectivity index (χ3v) is 0.421. The number of aliphatic hydroxyl groups is 3. The van der Waals surface area contributed by atoms with Crippen molar-refractivity contribution in [2.24, 2.45) is 0 Å². The molecule has 1 radical (unpaired) electrons. The van der Waals surface area contributed by atoms with E-state index in [0.29, 0.717) is 0 Å². The summed E-state index contributed by atoms with van der Waals surface area (Å²) >= 11 is 0. The van der Waals surface area contributed by atoms with Crippen LogP contribution in [-0.2, 0) is 22.4 Å². The maximum atomic E-state index is 8.17. The molecule has 0 unspecified atom stereocenters. The van der Waals surface area contributed by atoms with Crippen LogP contribution in [0.3, 0.4) is 0 Å². The van der Waals surface area contributed by atoms with Crippen molar-refractivity contribution in [3.05, 3.63) is 0 Å². The van der Waals surface area contributed by atoms with Crippen LogP contribution >= 0.6 is 0 Å². The average molecular weight is 200 g/mol. The normalized spacial score (nSPS) is 8.57. The molecule has 4 heteroatoms. The Morgan fingerprint density at radius 2 is 1.43 bits per heavy atom. The number of hydrogen-bond acceptors (Lipinski definition) is 3. The van der Waals surface area contributed by atoms with Gasteiger partial charge in [-0.1, -0.05) is 0 Å². The first kappa shape index (κ1) is 10.6. The number of aliphatic hydroxyl groups excluding tert-OH is 3. The molecule has 0 saturated carbocycles. The standard InChI is InChI=1S/C3H8O3.Ag/c4-1-3(6)2-5;/h3-6H,1-2H2;. The minimum atomic E-state index is -0.954. The predicted molar refractivity (Wildman–Crippen MR) is 20.2 cm³/mol. The molecular formula is C3H8AgO3. The van der Waals surface area contributed by atoms with E-state index < -0.39 is 6.10 Å². The van der Waals surface area contributed by atoms with Crippen LogP contribution in [0.1, 0.15) is 0 Å². The van der Waals surface area contributed by atoms with Crippen molar-refractivity contribution >= 4 is 0 Å². The molecule has 0 aromatic rings. The van der Waals surface area contributed by atoms with Gasteiger partial charge in [-0.2, -0.15) is 0 Å². The molecule has 7 heavy (non-hydrogen) atoms.